The molecule has 19 heavy (non-hydrogen) atoms. The Morgan fingerprint density at radius 2 is 2.26 bits per heavy atom. The summed E-state index contributed by atoms with van der Waals surface area (Å²) in [6.45, 7) is 2.88. The molecule has 1 aliphatic carbocycles. The summed E-state index contributed by atoms with van der Waals surface area (Å²) in [7, 11) is 1.72. The molecule has 1 saturated carbocycles. The number of carbonyl (C=O) groups excluding carboxylic acids is 1. The summed E-state index contributed by atoms with van der Waals surface area (Å²) in [5.74, 6) is 0.996. The molecule has 0 saturated heterocycles. The highest BCUT2D eigenvalue weighted by atomic mass is 16.5. The van der Waals surface area contributed by atoms with E-state index < -0.39 is 6.10 Å². The molecule has 0 spiro atoms. The van der Waals surface area contributed by atoms with Crippen molar-refractivity contribution < 1.29 is 14.6 Å². The first-order chi connectivity index (χ1) is 9.11. The van der Waals surface area contributed by atoms with Gasteiger partial charge >= 0.3 is 0 Å². The number of ether oxygens (including phenoxy) is 1. The Labute approximate surface area is 114 Å². The fraction of sp³-hybridized carbons (Fsp3) is 0.533. The molecule has 4 nitrogen and oxygen atoms in total. The van der Waals surface area contributed by atoms with E-state index in [1.165, 1.54) is 0 Å². The predicted molar refractivity (Wildman–Crippen MR) is 73.3 cm³/mol. The number of aliphatic hydroxyl groups excluding tert-OH is 1. The lowest BCUT2D eigenvalue weighted by Gasteiger charge is -2.21. The van der Waals surface area contributed by atoms with Crippen LogP contribution in [0.2, 0.25) is 0 Å². The van der Waals surface area contributed by atoms with Gasteiger partial charge < -0.3 is 14.7 Å². The van der Waals surface area contributed by atoms with E-state index in [-0.39, 0.29) is 5.91 Å². The molecule has 1 aliphatic rings. The number of aliphatic hydroxyl groups is 1. The van der Waals surface area contributed by atoms with Crippen LogP contribution in [-0.4, -0.2) is 42.2 Å². The van der Waals surface area contributed by atoms with Crippen LogP contribution in [0.3, 0.4) is 0 Å². The van der Waals surface area contributed by atoms with Crippen molar-refractivity contribution in [1.82, 2.24) is 4.90 Å². The van der Waals surface area contributed by atoms with E-state index in [0.717, 1.165) is 12.8 Å². The maximum atomic E-state index is 12.2. The van der Waals surface area contributed by atoms with Gasteiger partial charge in [0.25, 0.3) is 5.91 Å². The maximum Gasteiger partial charge on any atom is 0.253 e. The molecule has 0 aliphatic heterocycles. The number of amides is 1. The van der Waals surface area contributed by atoms with Gasteiger partial charge in [0.1, 0.15) is 5.75 Å². The molecule has 1 N–H and O–H groups in total. The van der Waals surface area contributed by atoms with Crippen LogP contribution in [0.5, 0.6) is 5.75 Å². The summed E-state index contributed by atoms with van der Waals surface area (Å²) in [6, 6.07) is 7.15. The van der Waals surface area contributed by atoms with Gasteiger partial charge in [0.15, 0.2) is 0 Å². The van der Waals surface area contributed by atoms with Crippen LogP contribution >= 0.6 is 0 Å². The fourth-order valence-corrected chi connectivity index (χ4v) is 2.10. The monoisotopic (exact) mass is 263 g/mol. The van der Waals surface area contributed by atoms with Gasteiger partial charge in [-0.3, -0.25) is 4.79 Å². The van der Waals surface area contributed by atoms with Gasteiger partial charge in [0.05, 0.1) is 12.7 Å². The Bertz CT molecular complexity index is 443. The van der Waals surface area contributed by atoms with Crippen molar-refractivity contribution in [2.45, 2.75) is 25.9 Å². The Morgan fingerprint density at radius 1 is 1.53 bits per heavy atom. The van der Waals surface area contributed by atoms with Gasteiger partial charge in [-0.05, 0) is 43.9 Å². The summed E-state index contributed by atoms with van der Waals surface area (Å²) in [5.41, 5.74) is 0.594. The first-order valence-electron chi connectivity index (χ1n) is 6.78. The molecule has 2 rings (SSSR count). The van der Waals surface area contributed by atoms with Gasteiger partial charge in [-0.15, -0.1) is 0 Å². The normalized spacial score (nSPS) is 15.9. The van der Waals surface area contributed by atoms with E-state index in [1.54, 1.807) is 24.1 Å². The van der Waals surface area contributed by atoms with E-state index in [4.69, 9.17) is 4.74 Å². The van der Waals surface area contributed by atoms with Crippen LogP contribution < -0.4 is 4.74 Å². The van der Waals surface area contributed by atoms with E-state index in [9.17, 15) is 9.90 Å². The second kappa shape index (κ2) is 6.06. The van der Waals surface area contributed by atoms with Crippen LogP contribution in [0.15, 0.2) is 24.3 Å². The summed E-state index contributed by atoms with van der Waals surface area (Å²) >= 11 is 0. The lowest BCUT2D eigenvalue weighted by atomic mass is 10.1. The summed E-state index contributed by atoms with van der Waals surface area (Å²) in [5, 5.41) is 9.88. The van der Waals surface area contributed by atoms with Crippen molar-refractivity contribution in [3.8, 4) is 5.75 Å². The van der Waals surface area contributed by atoms with E-state index >= 15 is 0 Å². The average molecular weight is 263 g/mol. The minimum Gasteiger partial charge on any atom is -0.494 e. The number of carbonyl (C=O) groups is 1. The molecular weight excluding hydrogens is 242 g/mol. The molecule has 1 aromatic carbocycles. The Balaban J connectivity index is 1.98. The molecule has 1 unspecified atom stereocenters. The average Bonchev–Trinajstić information content (AvgIpc) is 3.22. The van der Waals surface area contributed by atoms with Gasteiger partial charge in [0, 0.05) is 19.2 Å². The third-order valence-corrected chi connectivity index (χ3v) is 3.37. The minimum atomic E-state index is -0.399. The van der Waals surface area contributed by atoms with Crippen molar-refractivity contribution >= 4 is 5.91 Å². The van der Waals surface area contributed by atoms with E-state index in [2.05, 4.69) is 0 Å². The molecule has 1 aromatic rings. The standard InChI is InChI=1S/C15H21NO3/c1-3-19-13-6-4-5-12(9-13)15(18)16(2)10-14(17)11-7-8-11/h4-6,9,11,14,17H,3,7-8,10H2,1-2H3. The zero-order chi connectivity index (χ0) is 13.8. The maximum absolute atomic E-state index is 12.2. The first kappa shape index (κ1) is 13.9. The third kappa shape index (κ3) is 3.70. The first-order valence-corrected chi connectivity index (χ1v) is 6.78. The number of rotatable bonds is 6. The van der Waals surface area contributed by atoms with Crippen molar-refractivity contribution in [2.75, 3.05) is 20.2 Å². The van der Waals surface area contributed by atoms with Gasteiger partial charge in [-0.2, -0.15) is 0 Å². The van der Waals surface area contributed by atoms with Crippen LogP contribution in [-0.2, 0) is 0 Å². The minimum absolute atomic E-state index is 0.0822. The smallest absolute Gasteiger partial charge is 0.253 e. The Hall–Kier alpha value is -1.55. The van der Waals surface area contributed by atoms with Crippen LogP contribution in [0.25, 0.3) is 0 Å². The number of likely N-dealkylation sites (N-methyl/N-ethyl adjacent to an activating group) is 1. The van der Waals surface area contributed by atoms with Gasteiger partial charge in [-0.1, -0.05) is 6.07 Å². The lowest BCUT2D eigenvalue weighted by Crippen LogP contribution is -2.35. The molecule has 0 radical (unpaired) electrons. The summed E-state index contributed by atoms with van der Waals surface area (Å²) < 4.78 is 5.39. The van der Waals surface area contributed by atoms with Crippen molar-refractivity contribution in [1.29, 1.82) is 0 Å². The zero-order valence-corrected chi connectivity index (χ0v) is 11.5. The Kier molecular flexibility index (Phi) is 4.43. The van der Waals surface area contributed by atoms with E-state index in [0.29, 0.717) is 30.4 Å². The van der Waals surface area contributed by atoms with Crippen molar-refractivity contribution in [2.24, 2.45) is 5.92 Å². The number of nitrogens with zero attached hydrogens (tertiary/aromatic N) is 1. The molecular formula is C15H21NO3. The molecule has 1 fully saturated rings. The molecule has 0 bridgehead atoms. The highest BCUT2D eigenvalue weighted by Gasteiger charge is 2.31. The third-order valence-electron chi connectivity index (χ3n) is 3.37. The van der Waals surface area contributed by atoms with Crippen LogP contribution in [0.1, 0.15) is 30.1 Å². The molecule has 1 atom stereocenters. The molecule has 0 aromatic heterocycles. The SMILES string of the molecule is CCOc1cccc(C(=O)N(C)CC(O)C2CC2)c1. The van der Waals surface area contributed by atoms with Crippen molar-refractivity contribution in [3.05, 3.63) is 29.8 Å². The van der Waals surface area contributed by atoms with Gasteiger partial charge in [0.2, 0.25) is 0 Å². The van der Waals surface area contributed by atoms with Crippen LogP contribution in [0, 0.1) is 5.92 Å². The second-order valence-corrected chi connectivity index (χ2v) is 5.05. The topological polar surface area (TPSA) is 49.8 Å². The zero-order valence-electron chi connectivity index (χ0n) is 11.5. The number of hydrogen-bond donors (Lipinski definition) is 1. The largest absolute Gasteiger partial charge is 0.494 e. The highest BCUT2D eigenvalue weighted by Crippen LogP contribution is 2.32. The molecule has 4 heteroatoms. The van der Waals surface area contributed by atoms with Crippen LogP contribution in [0.4, 0.5) is 0 Å². The molecule has 1 amide bonds. The highest BCUT2D eigenvalue weighted by molar-refractivity contribution is 5.94. The predicted octanol–water partition coefficient (Wildman–Crippen LogP) is 1.93. The van der Waals surface area contributed by atoms with Crippen molar-refractivity contribution in [3.63, 3.8) is 0 Å². The Morgan fingerprint density at radius 3 is 2.89 bits per heavy atom. The molecule has 0 heterocycles. The second-order valence-electron chi connectivity index (χ2n) is 5.05. The lowest BCUT2D eigenvalue weighted by molar-refractivity contribution is 0.0645. The molecule has 104 valence electrons. The summed E-state index contributed by atoms with van der Waals surface area (Å²) in [6.07, 6.45) is 1.75. The summed E-state index contributed by atoms with van der Waals surface area (Å²) in [4.78, 5) is 13.8. The quantitative estimate of drug-likeness (QED) is 0.853. The number of hydrogen-bond acceptors (Lipinski definition) is 3. The fourth-order valence-electron chi connectivity index (χ4n) is 2.10. The van der Waals surface area contributed by atoms with E-state index in [1.807, 2.05) is 19.1 Å². The number of benzene rings is 1. The van der Waals surface area contributed by atoms with Gasteiger partial charge in [-0.25, -0.2) is 0 Å².